The summed E-state index contributed by atoms with van der Waals surface area (Å²) < 4.78 is 0. The highest BCUT2D eigenvalue weighted by Crippen LogP contribution is 2.48. The van der Waals surface area contributed by atoms with Gasteiger partial charge in [-0.05, 0) is 48.3 Å². The van der Waals surface area contributed by atoms with Gasteiger partial charge in [0, 0.05) is 12.2 Å². The minimum absolute atomic E-state index is 0.0788. The van der Waals surface area contributed by atoms with Gasteiger partial charge in [0.15, 0.2) is 0 Å². The number of carbonyl (C=O) groups is 2. The van der Waals surface area contributed by atoms with Crippen LogP contribution in [0.5, 0.6) is 0 Å². The molecule has 2 atom stereocenters. The molecule has 3 nitrogen and oxygen atoms in total. The van der Waals surface area contributed by atoms with E-state index in [0.717, 1.165) is 32.1 Å². The van der Waals surface area contributed by atoms with Gasteiger partial charge in [0.05, 0.1) is 6.04 Å². The lowest BCUT2D eigenvalue weighted by molar-refractivity contribution is -0.139. The van der Waals surface area contributed by atoms with Crippen LogP contribution in [0.25, 0.3) is 0 Å². The minimum Gasteiger partial charge on any atom is -0.269 e. The normalized spacial score (nSPS) is 22.5. The number of amides is 2. The van der Waals surface area contributed by atoms with Gasteiger partial charge >= 0.3 is 0 Å². The number of carbonyl (C=O) groups excluding carboxylic acids is 2. The highest BCUT2D eigenvalue weighted by molar-refractivity contribution is 6.13. The standard InChI is InChI=1S/C21H27NO2/c1-3-5-8-15-10-7-11-17-16(9-6-4-2)14-18(21(15)17)22-19(23)12-13-20(22)24/h7,10-13,16,18H,3-6,8-9,14H2,1-2H3/t16-,18-/m0/s1. The fourth-order valence-electron chi connectivity index (χ4n) is 4.17. The van der Waals surface area contributed by atoms with Crippen LogP contribution in [0.1, 0.15) is 81.0 Å². The molecule has 1 aliphatic carbocycles. The number of aryl methyl sites for hydroxylation is 1. The van der Waals surface area contributed by atoms with Crippen molar-refractivity contribution < 1.29 is 9.59 Å². The first-order valence-electron chi connectivity index (χ1n) is 9.34. The quantitative estimate of drug-likeness (QED) is 0.683. The van der Waals surface area contributed by atoms with Crippen LogP contribution in [-0.4, -0.2) is 16.7 Å². The smallest absolute Gasteiger partial charge is 0.254 e. The van der Waals surface area contributed by atoms with Crippen molar-refractivity contribution in [3.8, 4) is 0 Å². The number of rotatable bonds is 7. The molecular weight excluding hydrogens is 298 g/mol. The zero-order chi connectivity index (χ0) is 17.1. The number of imide groups is 1. The van der Waals surface area contributed by atoms with Crippen molar-refractivity contribution in [2.75, 3.05) is 0 Å². The Kier molecular flexibility index (Phi) is 5.17. The molecule has 0 spiro atoms. The molecule has 0 aromatic heterocycles. The molecule has 3 heteroatoms. The number of hydrogen-bond donors (Lipinski definition) is 0. The second-order valence-electron chi connectivity index (χ2n) is 6.99. The topological polar surface area (TPSA) is 37.4 Å². The molecule has 0 saturated heterocycles. The third-order valence-electron chi connectivity index (χ3n) is 5.37. The molecule has 0 radical (unpaired) electrons. The maximum Gasteiger partial charge on any atom is 0.254 e. The van der Waals surface area contributed by atoms with E-state index in [1.54, 1.807) is 0 Å². The van der Waals surface area contributed by atoms with E-state index in [2.05, 4.69) is 32.0 Å². The van der Waals surface area contributed by atoms with Crippen LogP contribution >= 0.6 is 0 Å². The monoisotopic (exact) mass is 325 g/mol. The number of nitrogens with zero attached hydrogens (tertiary/aromatic N) is 1. The van der Waals surface area contributed by atoms with Crippen molar-refractivity contribution in [3.63, 3.8) is 0 Å². The zero-order valence-electron chi connectivity index (χ0n) is 14.8. The molecule has 24 heavy (non-hydrogen) atoms. The van der Waals surface area contributed by atoms with Gasteiger partial charge in [-0.25, -0.2) is 0 Å². The summed E-state index contributed by atoms with van der Waals surface area (Å²) in [6.45, 7) is 4.41. The summed E-state index contributed by atoms with van der Waals surface area (Å²) >= 11 is 0. The largest absolute Gasteiger partial charge is 0.269 e. The molecule has 0 bridgehead atoms. The summed E-state index contributed by atoms with van der Waals surface area (Å²) in [6.07, 6.45) is 10.5. The Labute approximate surface area is 144 Å². The average molecular weight is 325 g/mol. The Hall–Kier alpha value is -1.90. The maximum atomic E-state index is 12.2. The zero-order valence-corrected chi connectivity index (χ0v) is 14.8. The lowest BCUT2D eigenvalue weighted by Gasteiger charge is -2.25. The van der Waals surface area contributed by atoms with E-state index in [1.165, 1.54) is 46.6 Å². The summed E-state index contributed by atoms with van der Waals surface area (Å²) in [4.78, 5) is 26.0. The van der Waals surface area contributed by atoms with Gasteiger partial charge in [-0.2, -0.15) is 0 Å². The molecule has 1 aromatic carbocycles. The lowest BCUT2D eigenvalue weighted by Crippen LogP contribution is -2.33. The summed E-state index contributed by atoms with van der Waals surface area (Å²) in [5, 5.41) is 0. The number of benzene rings is 1. The van der Waals surface area contributed by atoms with E-state index in [0.29, 0.717) is 5.92 Å². The van der Waals surface area contributed by atoms with Gasteiger partial charge in [0.1, 0.15) is 0 Å². The molecule has 1 aliphatic heterocycles. The van der Waals surface area contributed by atoms with Crippen LogP contribution in [-0.2, 0) is 16.0 Å². The first-order chi connectivity index (χ1) is 11.7. The third-order valence-corrected chi connectivity index (χ3v) is 5.37. The van der Waals surface area contributed by atoms with Crippen molar-refractivity contribution in [1.29, 1.82) is 0 Å². The molecule has 0 fully saturated rings. The van der Waals surface area contributed by atoms with E-state index in [4.69, 9.17) is 0 Å². The van der Waals surface area contributed by atoms with Crippen molar-refractivity contribution in [2.24, 2.45) is 0 Å². The van der Waals surface area contributed by atoms with Gasteiger partial charge in [-0.15, -0.1) is 0 Å². The molecule has 2 aliphatic rings. The van der Waals surface area contributed by atoms with Crippen LogP contribution in [0, 0.1) is 0 Å². The number of fused-ring (bicyclic) bond motifs is 1. The second kappa shape index (κ2) is 7.33. The molecule has 128 valence electrons. The molecule has 0 N–H and O–H groups in total. The average Bonchev–Trinajstić information content (AvgIpc) is 3.11. The van der Waals surface area contributed by atoms with Gasteiger partial charge in [0.25, 0.3) is 11.8 Å². The van der Waals surface area contributed by atoms with Crippen LogP contribution in [0.15, 0.2) is 30.4 Å². The Bertz CT molecular complexity index is 644. The van der Waals surface area contributed by atoms with Crippen LogP contribution in [0.4, 0.5) is 0 Å². The molecule has 0 saturated carbocycles. The Balaban J connectivity index is 1.98. The summed E-state index contributed by atoms with van der Waals surface area (Å²) in [5.74, 6) is 0.155. The summed E-state index contributed by atoms with van der Waals surface area (Å²) in [5.41, 5.74) is 3.96. The first-order valence-corrected chi connectivity index (χ1v) is 9.34. The van der Waals surface area contributed by atoms with Gasteiger partial charge in [0.2, 0.25) is 0 Å². The number of hydrogen-bond acceptors (Lipinski definition) is 2. The maximum absolute atomic E-state index is 12.2. The van der Waals surface area contributed by atoms with Crippen molar-refractivity contribution in [2.45, 2.75) is 70.8 Å². The molecule has 3 rings (SSSR count). The Morgan fingerprint density at radius 2 is 1.75 bits per heavy atom. The Morgan fingerprint density at radius 3 is 2.42 bits per heavy atom. The molecule has 0 unspecified atom stereocenters. The van der Waals surface area contributed by atoms with Gasteiger partial charge < -0.3 is 0 Å². The molecular formula is C21H27NO2. The minimum atomic E-state index is -0.155. The van der Waals surface area contributed by atoms with Gasteiger partial charge in [-0.3, -0.25) is 14.5 Å². The van der Waals surface area contributed by atoms with E-state index in [-0.39, 0.29) is 17.9 Å². The van der Waals surface area contributed by atoms with Crippen LogP contribution in [0.2, 0.25) is 0 Å². The predicted molar refractivity (Wildman–Crippen MR) is 95.7 cm³/mol. The van der Waals surface area contributed by atoms with Crippen LogP contribution < -0.4 is 0 Å². The molecule has 1 aromatic rings. The highest BCUT2D eigenvalue weighted by Gasteiger charge is 2.40. The second-order valence-corrected chi connectivity index (χ2v) is 6.99. The van der Waals surface area contributed by atoms with Crippen molar-refractivity contribution >= 4 is 11.8 Å². The first kappa shape index (κ1) is 16.9. The molecule has 1 heterocycles. The van der Waals surface area contributed by atoms with E-state index in [1.807, 2.05) is 0 Å². The fraction of sp³-hybridized carbons (Fsp3) is 0.524. The van der Waals surface area contributed by atoms with E-state index >= 15 is 0 Å². The third kappa shape index (κ3) is 3.04. The van der Waals surface area contributed by atoms with Crippen molar-refractivity contribution in [1.82, 2.24) is 4.90 Å². The van der Waals surface area contributed by atoms with Crippen LogP contribution in [0.3, 0.4) is 0 Å². The highest BCUT2D eigenvalue weighted by atomic mass is 16.2. The SMILES string of the molecule is CCCCc1cccc2c1[C@@H](N1C(=O)C=CC1=O)C[C@@H]2CCCC. The lowest BCUT2D eigenvalue weighted by atomic mass is 9.93. The van der Waals surface area contributed by atoms with E-state index in [9.17, 15) is 9.59 Å². The summed E-state index contributed by atoms with van der Waals surface area (Å²) in [7, 11) is 0. The predicted octanol–water partition coefficient (Wildman–Crippen LogP) is 4.67. The molecule has 2 amide bonds. The van der Waals surface area contributed by atoms with E-state index < -0.39 is 0 Å². The van der Waals surface area contributed by atoms with Gasteiger partial charge in [-0.1, -0.05) is 51.3 Å². The summed E-state index contributed by atoms with van der Waals surface area (Å²) in [6, 6.07) is 6.47. The Morgan fingerprint density at radius 1 is 1.04 bits per heavy atom. The van der Waals surface area contributed by atoms with Crippen molar-refractivity contribution in [3.05, 3.63) is 47.0 Å². The fourth-order valence-corrected chi connectivity index (χ4v) is 4.17. The number of unbranched alkanes of at least 4 members (excludes halogenated alkanes) is 2.